The number of carboxylic acid groups (broad SMARTS) is 1. The molecule has 7 heteroatoms. The average Bonchev–Trinajstić information content (AvgIpc) is 2.56. The van der Waals surface area contributed by atoms with E-state index in [9.17, 15) is 9.59 Å². The number of nitrogens with zero attached hydrogens (tertiary/aromatic N) is 3. The lowest BCUT2D eigenvalue weighted by atomic mass is 10.4. The lowest BCUT2D eigenvalue weighted by Crippen LogP contribution is -2.32. The normalized spacial score (nSPS) is 17.1. The molecule has 1 atom stereocenters. The minimum absolute atomic E-state index is 0.259. The van der Waals surface area contributed by atoms with Gasteiger partial charge in [-0.2, -0.15) is 9.78 Å². The van der Waals surface area contributed by atoms with Gasteiger partial charge in [0.05, 0.1) is 13.2 Å². The summed E-state index contributed by atoms with van der Waals surface area (Å²) in [6.07, 6.45) is 0. The Bertz CT molecular complexity index is 447. The highest BCUT2D eigenvalue weighted by Crippen LogP contribution is 2.06. The summed E-state index contributed by atoms with van der Waals surface area (Å²) in [6.45, 7) is 2.57. The molecule has 0 unspecified atom stereocenters. The van der Waals surface area contributed by atoms with Crippen molar-refractivity contribution in [2.75, 3.05) is 6.61 Å². The number of ether oxygens (including phenoxy) is 1. The van der Waals surface area contributed by atoms with Crippen LogP contribution >= 0.6 is 0 Å². The number of aromatic nitrogens is 3. The van der Waals surface area contributed by atoms with Crippen LogP contribution in [-0.2, 0) is 22.7 Å². The molecule has 0 saturated heterocycles. The molecule has 2 heterocycles. The number of rotatable bonds is 2. The Balaban J connectivity index is 2.46. The maximum atomic E-state index is 11.7. The second kappa shape index (κ2) is 3.50. The van der Waals surface area contributed by atoms with E-state index < -0.39 is 12.0 Å². The molecule has 1 aliphatic rings. The van der Waals surface area contributed by atoms with E-state index in [2.05, 4.69) is 5.10 Å². The first-order valence-electron chi connectivity index (χ1n) is 4.60. The molecular formula is C8H11N3O4. The second-order valence-corrected chi connectivity index (χ2v) is 3.36. The van der Waals surface area contributed by atoms with Gasteiger partial charge in [-0.1, -0.05) is 0 Å². The Morgan fingerprint density at radius 1 is 1.67 bits per heavy atom. The first-order chi connectivity index (χ1) is 7.11. The van der Waals surface area contributed by atoms with Gasteiger partial charge in [-0.25, -0.2) is 9.59 Å². The molecule has 0 aromatic carbocycles. The lowest BCUT2D eigenvalue weighted by Gasteiger charge is -2.11. The Kier molecular flexibility index (Phi) is 2.31. The van der Waals surface area contributed by atoms with Gasteiger partial charge in [0.2, 0.25) is 0 Å². The molecule has 2 rings (SSSR count). The van der Waals surface area contributed by atoms with Gasteiger partial charge in [-0.15, -0.1) is 0 Å². The quantitative estimate of drug-likeness (QED) is 0.696. The maximum Gasteiger partial charge on any atom is 0.346 e. The number of carboxylic acids is 1. The highest BCUT2D eigenvalue weighted by atomic mass is 16.5. The molecule has 7 nitrogen and oxygen atoms in total. The molecule has 1 aromatic rings. The Morgan fingerprint density at radius 2 is 2.40 bits per heavy atom. The molecule has 1 aromatic heterocycles. The number of fused-ring (bicyclic) bond motifs is 1. The maximum absolute atomic E-state index is 11.7. The van der Waals surface area contributed by atoms with Crippen molar-refractivity contribution >= 4 is 5.97 Å². The van der Waals surface area contributed by atoms with Crippen LogP contribution in [0.2, 0.25) is 0 Å². The zero-order chi connectivity index (χ0) is 11.0. The van der Waals surface area contributed by atoms with E-state index in [-0.39, 0.29) is 12.3 Å². The first-order valence-corrected chi connectivity index (χ1v) is 4.60. The minimum Gasteiger partial charge on any atom is -0.480 e. The summed E-state index contributed by atoms with van der Waals surface area (Å²) in [5, 5.41) is 12.7. The Labute approximate surface area is 84.9 Å². The highest BCUT2D eigenvalue weighted by Gasteiger charge is 2.23. The average molecular weight is 213 g/mol. The molecule has 0 bridgehead atoms. The molecule has 0 radical (unpaired) electrons. The summed E-state index contributed by atoms with van der Waals surface area (Å²) in [7, 11) is 0. The zero-order valence-electron chi connectivity index (χ0n) is 8.21. The Morgan fingerprint density at radius 3 is 3.00 bits per heavy atom. The van der Waals surface area contributed by atoms with E-state index in [0.717, 1.165) is 4.68 Å². The summed E-state index contributed by atoms with van der Waals surface area (Å²) >= 11 is 0. The van der Waals surface area contributed by atoms with Crippen molar-refractivity contribution in [3.63, 3.8) is 0 Å². The van der Waals surface area contributed by atoms with Gasteiger partial charge >= 0.3 is 11.7 Å². The fraction of sp³-hybridized carbons (Fsp3) is 0.625. The molecule has 15 heavy (non-hydrogen) atoms. The molecule has 82 valence electrons. The van der Waals surface area contributed by atoms with E-state index in [1.54, 1.807) is 0 Å². The van der Waals surface area contributed by atoms with Gasteiger partial charge in [-0.3, -0.25) is 4.57 Å². The van der Waals surface area contributed by atoms with Crippen LogP contribution in [0.15, 0.2) is 4.79 Å². The molecule has 1 N–H and O–H groups in total. The summed E-state index contributed by atoms with van der Waals surface area (Å²) < 4.78 is 7.55. The smallest absolute Gasteiger partial charge is 0.346 e. The van der Waals surface area contributed by atoms with Gasteiger partial charge in [0, 0.05) is 0 Å². The second-order valence-electron chi connectivity index (χ2n) is 3.36. The summed E-state index contributed by atoms with van der Waals surface area (Å²) in [4.78, 5) is 22.4. The molecule has 0 fully saturated rings. The van der Waals surface area contributed by atoms with Crippen LogP contribution in [0.25, 0.3) is 0 Å². The van der Waals surface area contributed by atoms with Crippen LogP contribution in [0.5, 0.6) is 0 Å². The third-order valence-corrected chi connectivity index (χ3v) is 2.38. The van der Waals surface area contributed by atoms with Crippen molar-refractivity contribution in [3.05, 3.63) is 16.3 Å². The topological polar surface area (TPSA) is 86.4 Å². The third-order valence-electron chi connectivity index (χ3n) is 2.38. The van der Waals surface area contributed by atoms with Gasteiger partial charge in [0.15, 0.2) is 11.9 Å². The van der Waals surface area contributed by atoms with Gasteiger partial charge in [0.1, 0.15) is 6.61 Å². The molecule has 0 aliphatic carbocycles. The fourth-order valence-electron chi connectivity index (χ4n) is 1.46. The van der Waals surface area contributed by atoms with Crippen molar-refractivity contribution < 1.29 is 14.6 Å². The van der Waals surface area contributed by atoms with Crippen LogP contribution in [0.4, 0.5) is 0 Å². The Hall–Kier alpha value is -1.63. The summed E-state index contributed by atoms with van der Waals surface area (Å²) in [5.41, 5.74) is -0.386. The van der Waals surface area contributed by atoms with Gasteiger partial charge in [0.25, 0.3) is 0 Å². The predicted molar refractivity (Wildman–Crippen MR) is 48.5 cm³/mol. The van der Waals surface area contributed by atoms with E-state index in [0.29, 0.717) is 19.0 Å². The number of aliphatic carboxylic acids is 1. The number of carbonyl (C=O) groups is 1. The zero-order valence-corrected chi connectivity index (χ0v) is 8.21. The van der Waals surface area contributed by atoms with Gasteiger partial charge < -0.3 is 9.84 Å². The van der Waals surface area contributed by atoms with Gasteiger partial charge in [-0.05, 0) is 6.92 Å². The van der Waals surface area contributed by atoms with Crippen molar-refractivity contribution in [3.8, 4) is 0 Å². The molecular weight excluding hydrogens is 202 g/mol. The molecule has 0 spiro atoms. The van der Waals surface area contributed by atoms with Crippen LogP contribution in [0.1, 0.15) is 18.8 Å². The fourth-order valence-corrected chi connectivity index (χ4v) is 1.46. The predicted octanol–water partition coefficient (Wildman–Crippen LogP) is -0.779. The minimum atomic E-state index is -1.08. The van der Waals surface area contributed by atoms with E-state index in [1.165, 1.54) is 11.5 Å². The van der Waals surface area contributed by atoms with Crippen LogP contribution in [0.3, 0.4) is 0 Å². The molecule has 0 amide bonds. The van der Waals surface area contributed by atoms with Crippen molar-refractivity contribution in [1.82, 2.24) is 14.3 Å². The lowest BCUT2D eigenvalue weighted by molar-refractivity contribution is -0.140. The molecule has 0 saturated carbocycles. The number of hydrogen-bond donors (Lipinski definition) is 1. The monoisotopic (exact) mass is 213 g/mol. The van der Waals surface area contributed by atoms with E-state index in [1.807, 2.05) is 0 Å². The van der Waals surface area contributed by atoms with Crippen LogP contribution in [-0.4, -0.2) is 32.0 Å². The van der Waals surface area contributed by atoms with E-state index in [4.69, 9.17) is 9.84 Å². The summed E-state index contributed by atoms with van der Waals surface area (Å²) in [6, 6.07) is -0.949. The third kappa shape index (κ3) is 1.54. The first kappa shape index (κ1) is 9.91. The summed E-state index contributed by atoms with van der Waals surface area (Å²) in [5.74, 6) is -0.590. The highest BCUT2D eigenvalue weighted by molar-refractivity contribution is 5.71. The van der Waals surface area contributed by atoms with Crippen molar-refractivity contribution in [1.29, 1.82) is 0 Å². The van der Waals surface area contributed by atoms with Crippen molar-refractivity contribution in [2.45, 2.75) is 26.1 Å². The van der Waals surface area contributed by atoms with Crippen LogP contribution in [0, 0.1) is 0 Å². The SMILES string of the molecule is C[C@H](C(=O)O)n1nc2n(c1=O)CCOC2. The number of hydrogen-bond acceptors (Lipinski definition) is 4. The van der Waals surface area contributed by atoms with E-state index >= 15 is 0 Å². The standard InChI is InChI=1S/C8H11N3O4/c1-5(7(12)13)11-8(14)10-2-3-15-4-6(10)9-11/h5H,2-4H2,1H3,(H,12,13)/t5-/m1/s1. The van der Waals surface area contributed by atoms with Crippen molar-refractivity contribution in [2.24, 2.45) is 0 Å². The van der Waals surface area contributed by atoms with Crippen LogP contribution < -0.4 is 5.69 Å². The molecule has 1 aliphatic heterocycles. The largest absolute Gasteiger partial charge is 0.480 e.